The van der Waals surface area contributed by atoms with E-state index in [1.54, 1.807) is 6.20 Å². The summed E-state index contributed by atoms with van der Waals surface area (Å²) in [7, 11) is 0. The molecule has 0 aliphatic carbocycles. The molecule has 78 valence electrons. The zero-order valence-electron chi connectivity index (χ0n) is 8.49. The second kappa shape index (κ2) is 4.57. The van der Waals surface area contributed by atoms with Crippen molar-refractivity contribution < 1.29 is 4.74 Å². The van der Waals surface area contributed by atoms with Gasteiger partial charge in [0, 0.05) is 18.9 Å². The second-order valence-corrected chi connectivity index (χ2v) is 3.81. The SMILES string of the molecule is CC1CCC(CNCc2ncc[nH]2)O1. The van der Waals surface area contributed by atoms with Crippen LogP contribution < -0.4 is 5.32 Å². The van der Waals surface area contributed by atoms with Crippen LogP contribution in [0.5, 0.6) is 0 Å². The van der Waals surface area contributed by atoms with Crippen molar-refractivity contribution in [1.82, 2.24) is 15.3 Å². The molecular formula is C10H17N3O. The van der Waals surface area contributed by atoms with E-state index >= 15 is 0 Å². The quantitative estimate of drug-likeness (QED) is 0.755. The molecule has 0 radical (unpaired) electrons. The van der Waals surface area contributed by atoms with Crippen LogP contribution in [0.1, 0.15) is 25.6 Å². The van der Waals surface area contributed by atoms with Crippen molar-refractivity contribution in [3.63, 3.8) is 0 Å². The number of aromatic amines is 1. The second-order valence-electron chi connectivity index (χ2n) is 3.81. The average Bonchev–Trinajstić information content (AvgIpc) is 2.77. The molecule has 1 saturated heterocycles. The fourth-order valence-corrected chi connectivity index (χ4v) is 1.78. The van der Waals surface area contributed by atoms with E-state index in [1.165, 1.54) is 12.8 Å². The average molecular weight is 195 g/mol. The molecule has 0 aromatic carbocycles. The van der Waals surface area contributed by atoms with Gasteiger partial charge in [-0.3, -0.25) is 0 Å². The van der Waals surface area contributed by atoms with Gasteiger partial charge in [-0.1, -0.05) is 0 Å². The van der Waals surface area contributed by atoms with Crippen molar-refractivity contribution >= 4 is 0 Å². The van der Waals surface area contributed by atoms with E-state index in [1.807, 2.05) is 6.20 Å². The third kappa shape index (κ3) is 2.56. The van der Waals surface area contributed by atoms with Crippen molar-refractivity contribution in [2.75, 3.05) is 6.54 Å². The Labute approximate surface area is 84.1 Å². The standard InChI is InChI=1S/C10H17N3O/c1-8-2-3-9(14-8)6-11-7-10-12-4-5-13-10/h4-5,8-9,11H,2-3,6-7H2,1H3,(H,12,13). The lowest BCUT2D eigenvalue weighted by Gasteiger charge is -2.11. The van der Waals surface area contributed by atoms with Crippen LogP contribution in [-0.2, 0) is 11.3 Å². The Morgan fingerprint density at radius 1 is 1.64 bits per heavy atom. The highest BCUT2D eigenvalue weighted by Gasteiger charge is 2.20. The Morgan fingerprint density at radius 3 is 3.21 bits per heavy atom. The molecule has 2 heterocycles. The summed E-state index contributed by atoms with van der Waals surface area (Å²) in [6.07, 6.45) is 6.79. The molecule has 14 heavy (non-hydrogen) atoms. The van der Waals surface area contributed by atoms with E-state index in [2.05, 4.69) is 22.2 Å². The van der Waals surface area contributed by atoms with Crippen LogP contribution in [-0.4, -0.2) is 28.7 Å². The number of H-pyrrole nitrogens is 1. The number of imidazole rings is 1. The molecule has 4 heteroatoms. The summed E-state index contributed by atoms with van der Waals surface area (Å²) in [5.74, 6) is 0.982. The first-order valence-electron chi connectivity index (χ1n) is 5.19. The van der Waals surface area contributed by atoms with Gasteiger partial charge in [0.05, 0.1) is 18.8 Å². The Balaban J connectivity index is 1.64. The Bertz CT molecular complexity index is 260. The van der Waals surface area contributed by atoms with Gasteiger partial charge in [-0.25, -0.2) is 4.98 Å². The van der Waals surface area contributed by atoms with E-state index in [0.29, 0.717) is 12.2 Å². The molecule has 0 bridgehead atoms. The number of nitrogens with one attached hydrogen (secondary N) is 2. The monoisotopic (exact) mass is 195 g/mol. The van der Waals surface area contributed by atoms with Gasteiger partial charge in [0.15, 0.2) is 0 Å². The number of ether oxygens (including phenoxy) is 1. The van der Waals surface area contributed by atoms with E-state index in [-0.39, 0.29) is 0 Å². The van der Waals surface area contributed by atoms with Gasteiger partial charge >= 0.3 is 0 Å². The number of aromatic nitrogens is 2. The third-order valence-electron chi connectivity index (χ3n) is 2.54. The van der Waals surface area contributed by atoms with Gasteiger partial charge in [-0.2, -0.15) is 0 Å². The van der Waals surface area contributed by atoms with E-state index in [4.69, 9.17) is 4.74 Å². The molecule has 0 amide bonds. The number of hydrogen-bond donors (Lipinski definition) is 2. The number of rotatable bonds is 4. The van der Waals surface area contributed by atoms with E-state index < -0.39 is 0 Å². The molecule has 2 unspecified atom stereocenters. The van der Waals surface area contributed by atoms with Crippen molar-refractivity contribution in [1.29, 1.82) is 0 Å². The van der Waals surface area contributed by atoms with Crippen molar-refractivity contribution in [3.8, 4) is 0 Å². The zero-order chi connectivity index (χ0) is 9.80. The molecule has 1 aromatic rings. The molecule has 2 rings (SSSR count). The molecule has 0 saturated carbocycles. The summed E-state index contributed by atoms with van der Waals surface area (Å²) < 4.78 is 5.69. The van der Waals surface area contributed by atoms with Gasteiger partial charge in [-0.05, 0) is 19.8 Å². The smallest absolute Gasteiger partial charge is 0.120 e. The highest BCUT2D eigenvalue weighted by Crippen LogP contribution is 2.18. The largest absolute Gasteiger partial charge is 0.374 e. The van der Waals surface area contributed by atoms with Gasteiger partial charge in [-0.15, -0.1) is 0 Å². The Kier molecular flexibility index (Phi) is 3.16. The first kappa shape index (κ1) is 9.68. The minimum absolute atomic E-state index is 0.389. The molecule has 1 fully saturated rings. The Morgan fingerprint density at radius 2 is 2.57 bits per heavy atom. The van der Waals surface area contributed by atoms with Gasteiger partial charge in [0.1, 0.15) is 5.82 Å². The first-order valence-corrected chi connectivity index (χ1v) is 5.19. The number of hydrogen-bond acceptors (Lipinski definition) is 3. The molecule has 2 N–H and O–H groups in total. The minimum atomic E-state index is 0.389. The normalized spacial score (nSPS) is 26.9. The maximum atomic E-state index is 5.69. The fourth-order valence-electron chi connectivity index (χ4n) is 1.78. The van der Waals surface area contributed by atoms with Gasteiger partial charge in [0.2, 0.25) is 0 Å². The van der Waals surface area contributed by atoms with Gasteiger partial charge in [0.25, 0.3) is 0 Å². The van der Waals surface area contributed by atoms with Crippen LogP contribution in [0.15, 0.2) is 12.4 Å². The van der Waals surface area contributed by atoms with Gasteiger partial charge < -0.3 is 15.0 Å². The summed E-state index contributed by atoms with van der Waals surface area (Å²) >= 11 is 0. The summed E-state index contributed by atoms with van der Waals surface area (Å²) in [4.78, 5) is 7.19. The maximum Gasteiger partial charge on any atom is 0.120 e. The molecule has 1 aromatic heterocycles. The first-order chi connectivity index (χ1) is 6.84. The lowest BCUT2D eigenvalue weighted by atomic mass is 10.2. The fraction of sp³-hybridized carbons (Fsp3) is 0.700. The van der Waals surface area contributed by atoms with Crippen molar-refractivity contribution in [2.45, 2.75) is 38.5 Å². The highest BCUT2D eigenvalue weighted by atomic mass is 16.5. The van der Waals surface area contributed by atoms with Crippen LogP contribution in [0.4, 0.5) is 0 Å². The number of nitrogens with zero attached hydrogens (tertiary/aromatic N) is 1. The van der Waals surface area contributed by atoms with Crippen molar-refractivity contribution in [2.24, 2.45) is 0 Å². The molecule has 1 aliphatic rings. The van der Waals surface area contributed by atoms with Crippen LogP contribution in [0.3, 0.4) is 0 Å². The minimum Gasteiger partial charge on any atom is -0.374 e. The predicted molar refractivity (Wildman–Crippen MR) is 53.9 cm³/mol. The topological polar surface area (TPSA) is 49.9 Å². The third-order valence-corrected chi connectivity index (χ3v) is 2.54. The van der Waals surface area contributed by atoms with E-state index in [0.717, 1.165) is 18.9 Å². The van der Waals surface area contributed by atoms with Crippen molar-refractivity contribution in [3.05, 3.63) is 18.2 Å². The predicted octanol–water partition coefficient (Wildman–Crippen LogP) is 1.07. The van der Waals surface area contributed by atoms with E-state index in [9.17, 15) is 0 Å². The summed E-state index contributed by atoms with van der Waals surface area (Å²) in [5.41, 5.74) is 0. The maximum absolute atomic E-state index is 5.69. The molecular weight excluding hydrogens is 178 g/mol. The van der Waals surface area contributed by atoms with Crippen LogP contribution in [0.25, 0.3) is 0 Å². The molecule has 1 aliphatic heterocycles. The summed E-state index contributed by atoms with van der Waals surface area (Å²) in [5, 5.41) is 3.33. The molecule has 2 atom stereocenters. The van der Waals surface area contributed by atoms with Crippen LogP contribution in [0, 0.1) is 0 Å². The Hall–Kier alpha value is -0.870. The summed E-state index contributed by atoms with van der Waals surface area (Å²) in [6, 6.07) is 0. The lowest BCUT2D eigenvalue weighted by Crippen LogP contribution is -2.26. The molecule has 4 nitrogen and oxygen atoms in total. The van der Waals surface area contributed by atoms with Crippen LogP contribution in [0.2, 0.25) is 0 Å². The highest BCUT2D eigenvalue weighted by molar-refractivity contribution is 4.86. The lowest BCUT2D eigenvalue weighted by molar-refractivity contribution is 0.0558. The zero-order valence-corrected chi connectivity index (χ0v) is 8.49. The molecule has 0 spiro atoms. The van der Waals surface area contributed by atoms with Crippen LogP contribution >= 0.6 is 0 Å². The summed E-state index contributed by atoms with van der Waals surface area (Å²) in [6.45, 7) is 3.85.